The first-order chi connectivity index (χ1) is 9.45. The van der Waals surface area contributed by atoms with Crippen molar-refractivity contribution in [1.82, 2.24) is 0 Å². The Labute approximate surface area is 118 Å². The van der Waals surface area contributed by atoms with E-state index in [1.165, 1.54) is 12.5 Å². The molecule has 0 bridgehead atoms. The summed E-state index contributed by atoms with van der Waals surface area (Å²) in [4.78, 5) is 0. The predicted molar refractivity (Wildman–Crippen MR) is 76.4 cm³/mol. The summed E-state index contributed by atoms with van der Waals surface area (Å²) >= 11 is 0. The van der Waals surface area contributed by atoms with Crippen LogP contribution in [-0.2, 0) is 0 Å². The first-order valence-electron chi connectivity index (χ1n) is 7.29. The van der Waals surface area contributed by atoms with Crippen LogP contribution in [0.4, 0.5) is 13.2 Å². The summed E-state index contributed by atoms with van der Waals surface area (Å²) in [5.74, 6) is 0.196. The van der Waals surface area contributed by atoms with Crippen molar-refractivity contribution < 1.29 is 13.2 Å². The molecule has 0 unspecified atom stereocenters. The average Bonchev–Trinajstić information content (AvgIpc) is 2.40. The van der Waals surface area contributed by atoms with E-state index in [4.69, 9.17) is 0 Å². The number of hydrogen-bond acceptors (Lipinski definition) is 0. The Bertz CT molecular complexity index is 448. The fourth-order valence-corrected chi connectivity index (χ4v) is 2.82. The minimum Gasteiger partial charge on any atom is -0.166 e. The molecular formula is C17H21F3. The quantitative estimate of drug-likeness (QED) is 0.646. The Morgan fingerprint density at radius 3 is 2.25 bits per heavy atom. The van der Waals surface area contributed by atoms with Crippen LogP contribution in [0.15, 0.2) is 29.8 Å². The Morgan fingerprint density at radius 2 is 1.70 bits per heavy atom. The van der Waals surface area contributed by atoms with E-state index in [-0.39, 0.29) is 17.9 Å². The molecule has 0 saturated heterocycles. The fraction of sp³-hybridized carbons (Fsp3) is 0.529. The summed E-state index contributed by atoms with van der Waals surface area (Å²) in [6.45, 7) is 1.93. The molecule has 20 heavy (non-hydrogen) atoms. The number of aryl methyl sites for hydroxylation is 1. The van der Waals surface area contributed by atoms with Crippen molar-refractivity contribution in [3.8, 4) is 0 Å². The van der Waals surface area contributed by atoms with Crippen molar-refractivity contribution in [2.24, 2.45) is 5.92 Å². The third-order valence-corrected chi connectivity index (χ3v) is 4.02. The highest BCUT2D eigenvalue weighted by atomic mass is 19.4. The van der Waals surface area contributed by atoms with Crippen LogP contribution in [0.3, 0.4) is 0 Å². The number of rotatable bonds is 3. The van der Waals surface area contributed by atoms with Gasteiger partial charge in [0.05, 0.1) is 0 Å². The number of benzene rings is 1. The summed E-state index contributed by atoms with van der Waals surface area (Å²) in [5, 5.41) is 0. The van der Waals surface area contributed by atoms with Crippen LogP contribution < -0.4 is 0 Å². The summed E-state index contributed by atoms with van der Waals surface area (Å²) in [6, 6.07) is 7.20. The van der Waals surface area contributed by atoms with Gasteiger partial charge in [-0.15, -0.1) is 0 Å². The van der Waals surface area contributed by atoms with Gasteiger partial charge >= 0.3 is 6.18 Å². The minimum atomic E-state index is -4.22. The molecule has 1 aromatic carbocycles. The Balaban J connectivity index is 2.16. The topological polar surface area (TPSA) is 0 Å². The van der Waals surface area contributed by atoms with Crippen molar-refractivity contribution in [2.75, 3.05) is 0 Å². The van der Waals surface area contributed by atoms with Crippen molar-refractivity contribution >= 4 is 6.08 Å². The summed E-state index contributed by atoms with van der Waals surface area (Å²) in [7, 11) is 0. The van der Waals surface area contributed by atoms with Crippen molar-refractivity contribution in [2.45, 2.75) is 51.6 Å². The molecular weight excluding hydrogens is 261 g/mol. The standard InChI is InChI=1S/C17H21F3/c1-13-7-9-15(10-8-13)12-16(17(18,19)20)11-14-5-3-2-4-6-14/h7-10,12,14H,2-6,11H2,1H3. The van der Waals surface area contributed by atoms with E-state index in [0.717, 1.165) is 31.2 Å². The molecule has 0 aliphatic heterocycles. The van der Waals surface area contributed by atoms with Gasteiger partial charge in [-0.25, -0.2) is 0 Å². The lowest BCUT2D eigenvalue weighted by Gasteiger charge is -2.23. The van der Waals surface area contributed by atoms with E-state index in [9.17, 15) is 13.2 Å². The lowest BCUT2D eigenvalue weighted by molar-refractivity contribution is -0.0946. The van der Waals surface area contributed by atoms with Gasteiger partial charge in [0.25, 0.3) is 0 Å². The second kappa shape index (κ2) is 6.47. The molecule has 0 aromatic heterocycles. The molecule has 2 rings (SSSR count). The second-order valence-corrected chi connectivity index (χ2v) is 5.79. The maximum absolute atomic E-state index is 13.2. The van der Waals surface area contributed by atoms with E-state index in [1.54, 1.807) is 12.1 Å². The van der Waals surface area contributed by atoms with E-state index in [0.29, 0.717) is 5.56 Å². The van der Waals surface area contributed by atoms with Gasteiger partial charge in [-0.2, -0.15) is 13.2 Å². The van der Waals surface area contributed by atoms with Gasteiger partial charge in [-0.05, 0) is 30.9 Å². The fourth-order valence-electron chi connectivity index (χ4n) is 2.82. The smallest absolute Gasteiger partial charge is 0.166 e. The van der Waals surface area contributed by atoms with Crippen LogP contribution >= 0.6 is 0 Å². The number of allylic oxidation sites excluding steroid dienone is 1. The lowest BCUT2D eigenvalue weighted by atomic mass is 9.84. The highest BCUT2D eigenvalue weighted by Gasteiger charge is 2.34. The normalized spacial score (nSPS) is 18.3. The highest BCUT2D eigenvalue weighted by Crippen LogP contribution is 2.37. The maximum atomic E-state index is 13.2. The third kappa shape index (κ3) is 4.39. The Hall–Kier alpha value is -1.25. The highest BCUT2D eigenvalue weighted by molar-refractivity contribution is 5.54. The zero-order chi connectivity index (χ0) is 14.6. The van der Waals surface area contributed by atoms with Crippen molar-refractivity contribution in [3.05, 3.63) is 41.0 Å². The zero-order valence-corrected chi connectivity index (χ0v) is 11.8. The zero-order valence-electron chi connectivity index (χ0n) is 11.8. The number of alkyl halides is 3. The first-order valence-corrected chi connectivity index (χ1v) is 7.29. The number of hydrogen-bond donors (Lipinski definition) is 0. The molecule has 0 spiro atoms. The molecule has 1 saturated carbocycles. The van der Waals surface area contributed by atoms with Gasteiger partial charge < -0.3 is 0 Å². The van der Waals surface area contributed by atoms with Crippen molar-refractivity contribution in [3.63, 3.8) is 0 Å². The maximum Gasteiger partial charge on any atom is 0.412 e. The minimum absolute atomic E-state index is 0.164. The third-order valence-electron chi connectivity index (χ3n) is 4.02. The van der Waals surface area contributed by atoms with E-state index < -0.39 is 6.18 Å². The van der Waals surface area contributed by atoms with Crippen molar-refractivity contribution in [1.29, 1.82) is 0 Å². The molecule has 1 aliphatic rings. The first kappa shape index (κ1) is 15.1. The molecule has 0 amide bonds. The van der Waals surface area contributed by atoms with Crippen LogP contribution in [-0.4, -0.2) is 6.18 Å². The molecule has 1 fully saturated rings. The Kier molecular flexibility index (Phi) is 4.90. The largest absolute Gasteiger partial charge is 0.412 e. The monoisotopic (exact) mass is 282 g/mol. The van der Waals surface area contributed by atoms with Gasteiger partial charge in [0.15, 0.2) is 0 Å². The summed E-state index contributed by atoms with van der Waals surface area (Å²) in [6.07, 6.45) is 2.43. The van der Waals surface area contributed by atoms with Crippen LogP contribution in [0.1, 0.15) is 49.7 Å². The van der Waals surface area contributed by atoms with Gasteiger partial charge in [-0.3, -0.25) is 0 Å². The molecule has 1 aromatic rings. The van der Waals surface area contributed by atoms with E-state index in [1.807, 2.05) is 19.1 Å². The van der Waals surface area contributed by atoms with E-state index in [2.05, 4.69) is 0 Å². The molecule has 0 nitrogen and oxygen atoms in total. The molecule has 0 radical (unpaired) electrons. The van der Waals surface area contributed by atoms with Gasteiger partial charge in [0.2, 0.25) is 0 Å². The van der Waals surface area contributed by atoms with Crippen LogP contribution in [0.5, 0.6) is 0 Å². The van der Waals surface area contributed by atoms with Gasteiger partial charge in [-0.1, -0.05) is 61.9 Å². The summed E-state index contributed by atoms with van der Waals surface area (Å²) in [5.41, 5.74) is 1.31. The van der Waals surface area contributed by atoms with Crippen LogP contribution in [0.25, 0.3) is 6.08 Å². The molecule has 110 valence electrons. The number of halogens is 3. The second-order valence-electron chi connectivity index (χ2n) is 5.79. The Morgan fingerprint density at radius 1 is 1.10 bits per heavy atom. The van der Waals surface area contributed by atoms with E-state index >= 15 is 0 Å². The van der Waals surface area contributed by atoms with Crippen LogP contribution in [0, 0.1) is 12.8 Å². The SMILES string of the molecule is Cc1ccc(C=C(CC2CCCCC2)C(F)(F)F)cc1. The predicted octanol–water partition coefficient (Wildman–Crippen LogP) is 5.91. The molecule has 0 heterocycles. The lowest BCUT2D eigenvalue weighted by Crippen LogP contribution is -2.17. The molecule has 1 aliphatic carbocycles. The van der Waals surface area contributed by atoms with Gasteiger partial charge in [0, 0.05) is 5.57 Å². The molecule has 3 heteroatoms. The summed E-state index contributed by atoms with van der Waals surface area (Å²) < 4.78 is 39.5. The molecule has 0 atom stereocenters. The average molecular weight is 282 g/mol. The molecule has 0 N–H and O–H groups in total. The van der Waals surface area contributed by atoms with Gasteiger partial charge in [0.1, 0.15) is 0 Å². The van der Waals surface area contributed by atoms with Crippen LogP contribution in [0.2, 0.25) is 0 Å².